The van der Waals surface area contributed by atoms with Gasteiger partial charge in [0.1, 0.15) is 11.4 Å². The minimum absolute atomic E-state index is 0.0616. The Labute approximate surface area is 245 Å². The van der Waals surface area contributed by atoms with Gasteiger partial charge in [-0.15, -0.1) is 11.8 Å². The molecule has 0 heterocycles. The highest BCUT2D eigenvalue weighted by Crippen LogP contribution is 2.23. The molecular weight excluding hydrogens is 556 g/mol. The number of non-ortho nitro benzene ring substituents is 1. The monoisotopic (exact) mass is 582 g/mol. The van der Waals surface area contributed by atoms with E-state index in [1.165, 1.54) is 42.1 Å². The molecule has 212 valence electrons. The molecule has 0 saturated carbocycles. The van der Waals surface area contributed by atoms with Crippen LogP contribution in [-0.2, 0) is 9.59 Å². The number of rotatable bonds is 11. The van der Waals surface area contributed by atoms with E-state index in [-0.39, 0.29) is 23.0 Å². The average Bonchev–Trinajstić information content (AvgIpc) is 3.00. The summed E-state index contributed by atoms with van der Waals surface area (Å²) in [7, 11) is 1.55. The van der Waals surface area contributed by atoms with Crippen molar-refractivity contribution in [1.29, 1.82) is 0 Å². The molecule has 4 aromatic carbocycles. The number of hydrogen-bond donors (Lipinski definition) is 3. The van der Waals surface area contributed by atoms with Crippen LogP contribution in [-0.4, -0.2) is 35.5 Å². The van der Waals surface area contributed by atoms with Gasteiger partial charge in [0.15, 0.2) is 0 Å². The Morgan fingerprint density at radius 1 is 0.857 bits per heavy atom. The predicted molar refractivity (Wildman–Crippen MR) is 162 cm³/mol. The second-order valence-electron chi connectivity index (χ2n) is 8.78. The zero-order valence-corrected chi connectivity index (χ0v) is 23.2. The average molecular weight is 583 g/mol. The first kappa shape index (κ1) is 29.6. The number of benzene rings is 4. The fourth-order valence-corrected chi connectivity index (χ4v) is 4.47. The molecule has 0 spiro atoms. The zero-order chi connectivity index (χ0) is 29.9. The van der Waals surface area contributed by atoms with Crippen LogP contribution < -0.4 is 20.7 Å². The third kappa shape index (κ3) is 8.54. The Morgan fingerprint density at radius 3 is 2.24 bits per heavy atom. The molecule has 4 aromatic rings. The summed E-state index contributed by atoms with van der Waals surface area (Å²) in [6, 6.07) is 28.0. The lowest BCUT2D eigenvalue weighted by molar-refractivity contribution is -0.384. The van der Waals surface area contributed by atoms with Gasteiger partial charge in [-0.3, -0.25) is 24.5 Å². The number of carbonyl (C=O) groups excluding carboxylic acids is 3. The van der Waals surface area contributed by atoms with Crippen LogP contribution in [0.2, 0.25) is 0 Å². The molecule has 3 amide bonds. The van der Waals surface area contributed by atoms with Crippen LogP contribution in [0.4, 0.5) is 17.1 Å². The van der Waals surface area contributed by atoms with E-state index in [1.54, 1.807) is 79.9 Å². The molecule has 0 saturated heterocycles. The van der Waals surface area contributed by atoms with Crippen LogP contribution in [0.15, 0.2) is 114 Å². The van der Waals surface area contributed by atoms with E-state index in [0.29, 0.717) is 28.3 Å². The predicted octanol–water partition coefficient (Wildman–Crippen LogP) is 5.74. The fraction of sp³-hybridized carbons (Fsp3) is 0.0645. The topological polar surface area (TPSA) is 140 Å². The molecule has 11 heteroatoms. The van der Waals surface area contributed by atoms with Crippen molar-refractivity contribution in [2.75, 3.05) is 23.5 Å². The molecule has 0 fully saturated rings. The third-order valence-corrected chi connectivity index (χ3v) is 6.75. The number of nitrogens with one attached hydrogen (secondary N) is 3. The minimum Gasteiger partial charge on any atom is -0.497 e. The quantitative estimate of drug-likeness (QED) is 0.0886. The second-order valence-corrected chi connectivity index (χ2v) is 9.83. The lowest BCUT2D eigenvalue weighted by atomic mass is 10.1. The maximum absolute atomic E-state index is 13.3. The lowest BCUT2D eigenvalue weighted by Crippen LogP contribution is -2.30. The Kier molecular flexibility index (Phi) is 10.1. The standard InChI is InChI=1S/C31H26N4O6S/c1-41-26-11-5-9-23(18-26)32-29(36)20-42-27-12-6-10-24(19-27)33-31(38)28(34-30(37)22-7-3-2-4-8-22)17-21-13-15-25(16-14-21)35(39)40/h2-19H,20H2,1H3,(H,32,36)(H,33,38)(H,34,37)/b28-17+. The first-order valence-electron chi connectivity index (χ1n) is 12.6. The summed E-state index contributed by atoms with van der Waals surface area (Å²) < 4.78 is 5.17. The molecule has 0 unspecified atom stereocenters. The number of carbonyl (C=O) groups is 3. The van der Waals surface area contributed by atoms with Crippen molar-refractivity contribution in [3.63, 3.8) is 0 Å². The summed E-state index contributed by atoms with van der Waals surface area (Å²) in [5.41, 5.74) is 1.73. The van der Waals surface area contributed by atoms with Gasteiger partial charge in [-0.25, -0.2) is 0 Å². The van der Waals surface area contributed by atoms with Crippen LogP contribution >= 0.6 is 11.8 Å². The van der Waals surface area contributed by atoms with Gasteiger partial charge in [0.2, 0.25) is 5.91 Å². The SMILES string of the molecule is COc1cccc(NC(=O)CSc2cccc(NC(=O)/C(=C\c3ccc([N+](=O)[O-])cc3)NC(=O)c3ccccc3)c2)c1. The first-order chi connectivity index (χ1) is 20.3. The maximum atomic E-state index is 13.3. The zero-order valence-electron chi connectivity index (χ0n) is 22.4. The number of hydrogen-bond acceptors (Lipinski definition) is 7. The molecule has 0 aliphatic rings. The van der Waals surface area contributed by atoms with Gasteiger partial charge in [-0.05, 0) is 66.2 Å². The number of amides is 3. The lowest BCUT2D eigenvalue weighted by Gasteiger charge is -2.12. The highest BCUT2D eigenvalue weighted by atomic mass is 32.2. The summed E-state index contributed by atoms with van der Waals surface area (Å²) in [5.74, 6) is -0.543. The van der Waals surface area contributed by atoms with Crippen molar-refractivity contribution in [2.24, 2.45) is 0 Å². The Balaban J connectivity index is 1.46. The van der Waals surface area contributed by atoms with E-state index in [0.717, 1.165) is 4.90 Å². The molecule has 0 bridgehead atoms. The van der Waals surface area contributed by atoms with Gasteiger partial charge in [-0.1, -0.05) is 30.3 Å². The number of nitro groups is 1. The molecule has 0 radical (unpaired) electrons. The van der Waals surface area contributed by atoms with Gasteiger partial charge in [0.25, 0.3) is 17.5 Å². The molecular formula is C31H26N4O6S. The largest absolute Gasteiger partial charge is 0.497 e. The highest BCUT2D eigenvalue weighted by Gasteiger charge is 2.16. The van der Waals surface area contributed by atoms with Crippen LogP contribution in [0, 0.1) is 10.1 Å². The number of anilines is 2. The smallest absolute Gasteiger partial charge is 0.272 e. The second kappa shape index (κ2) is 14.3. The van der Waals surface area contributed by atoms with Gasteiger partial charge in [-0.2, -0.15) is 0 Å². The number of thioether (sulfide) groups is 1. The molecule has 0 aliphatic carbocycles. The minimum atomic E-state index is -0.601. The van der Waals surface area contributed by atoms with Crippen molar-refractivity contribution in [2.45, 2.75) is 4.90 Å². The van der Waals surface area contributed by atoms with E-state index < -0.39 is 16.7 Å². The van der Waals surface area contributed by atoms with Crippen LogP contribution in [0.5, 0.6) is 5.75 Å². The Morgan fingerprint density at radius 2 is 1.55 bits per heavy atom. The summed E-state index contributed by atoms with van der Waals surface area (Å²) in [5, 5.41) is 19.2. The van der Waals surface area contributed by atoms with Crippen LogP contribution in [0.1, 0.15) is 15.9 Å². The van der Waals surface area contributed by atoms with Gasteiger partial charge in [0, 0.05) is 40.0 Å². The molecule has 0 atom stereocenters. The summed E-state index contributed by atoms with van der Waals surface area (Å²) in [6.07, 6.45) is 1.43. The highest BCUT2D eigenvalue weighted by molar-refractivity contribution is 8.00. The van der Waals surface area contributed by atoms with Crippen molar-refractivity contribution in [1.82, 2.24) is 5.32 Å². The molecule has 0 aromatic heterocycles. The molecule has 42 heavy (non-hydrogen) atoms. The molecule has 3 N–H and O–H groups in total. The van der Waals surface area contributed by atoms with Crippen LogP contribution in [0.3, 0.4) is 0 Å². The van der Waals surface area contributed by atoms with E-state index >= 15 is 0 Å². The number of methoxy groups -OCH3 is 1. The van der Waals surface area contributed by atoms with E-state index in [2.05, 4.69) is 16.0 Å². The maximum Gasteiger partial charge on any atom is 0.272 e. The van der Waals surface area contributed by atoms with Crippen LogP contribution in [0.25, 0.3) is 6.08 Å². The summed E-state index contributed by atoms with van der Waals surface area (Å²) >= 11 is 1.29. The Bertz CT molecular complexity index is 1620. The van der Waals surface area contributed by atoms with E-state index in [9.17, 15) is 24.5 Å². The third-order valence-electron chi connectivity index (χ3n) is 5.76. The normalized spacial score (nSPS) is 10.8. The summed E-state index contributed by atoms with van der Waals surface area (Å²) in [4.78, 5) is 49.8. The van der Waals surface area contributed by atoms with Gasteiger partial charge >= 0.3 is 0 Å². The van der Waals surface area contributed by atoms with Gasteiger partial charge in [0.05, 0.1) is 17.8 Å². The fourth-order valence-electron chi connectivity index (χ4n) is 3.71. The van der Waals surface area contributed by atoms with Crippen molar-refractivity contribution in [3.05, 3.63) is 130 Å². The number of ether oxygens (including phenoxy) is 1. The molecule has 10 nitrogen and oxygen atoms in total. The first-order valence-corrected chi connectivity index (χ1v) is 13.6. The summed E-state index contributed by atoms with van der Waals surface area (Å²) in [6.45, 7) is 0. The molecule has 0 aliphatic heterocycles. The molecule has 4 rings (SSSR count). The van der Waals surface area contributed by atoms with E-state index in [4.69, 9.17) is 4.74 Å². The number of nitrogens with zero attached hydrogens (tertiary/aromatic N) is 1. The Hall–Kier alpha value is -5.42. The van der Waals surface area contributed by atoms with Crippen molar-refractivity contribution < 1.29 is 24.0 Å². The van der Waals surface area contributed by atoms with Crippen molar-refractivity contribution >= 4 is 52.6 Å². The number of nitro benzene ring substituents is 1. The van der Waals surface area contributed by atoms with Gasteiger partial charge < -0.3 is 20.7 Å². The van der Waals surface area contributed by atoms with Crippen molar-refractivity contribution in [3.8, 4) is 5.75 Å². The van der Waals surface area contributed by atoms with E-state index in [1.807, 2.05) is 6.07 Å².